The molecule has 2 aromatic heterocycles. The van der Waals surface area contributed by atoms with Gasteiger partial charge in [0, 0.05) is 29.6 Å². The first-order valence-corrected chi connectivity index (χ1v) is 10.6. The predicted octanol–water partition coefficient (Wildman–Crippen LogP) is 4.02. The molecule has 148 valence electrons. The average Bonchev–Trinajstić information content (AvgIpc) is 3.48. The van der Waals surface area contributed by atoms with E-state index in [9.17, 15) is 19.7 Å². The molecule has 1 atom stereocenters. The fourth-order valence-electron chi connectivity index (χ4n) is 3.26. The quantitative estimate of drug-likeness (QED) is 0.488. The molecule has 29 heavy (non-hydrogen) atoms. The second kappa shape index (κ2) is 8.10. The molecule has 1 unspecified atom stereocenters. The predicted molar refractivity (Wildman–Crippen MR) is 111 cm³/mol. The molecule has 0 saturated carbocycles. The van der Waals surface area contributed by atoms with Crippen molar-refractivity contribution in [1.29, 1.82) is 0 Å². The molecule has 8 nitrogen and oxygen atoms in total. The number of likely N-dealkylation sites (tertiary alicyclic amines) is 1. The van der Waals surface area contributed by atoms with Gasteiger partial charge in [0.1, 0.15) is 6.04 Å². The van der Waals surface area contributed by atoms with E-state index in [0.29, 0.717) is 34.2 Å². The molecular weight excluding hydrogens is 412 g/mol. The lowest BCUT2D eigenvalue weighted by atomic mass is 10.1. The first kappa shape index (κ1) is 19.2. The molecule has 3 heterocycles. The van der Waals surface area contributed by atoms with Crippen LogP contribution in [0.5, 0.6) is 0 Å². The maximum absolute atomic E-state index is 12.8. The van der Waals surface area contributed by atoms with Gasteiger partial charge in [0.2, 0.25) is 5.91 Å². The largest absolute Gasteiger partial charge is 0.326 e. The summed E-state index contributed by atoms with van der Waals surface area (Å²) < 4.78 is 0. The molecule has 0 bridgehead atoms. The number of anilines is 1. The van der Waals surface area contributed by atoms with E-state index in [1.807, 2.05) is 11.4 Å². The molecule has 4 rings (SSSR count). The zero-order valence-corrected chi connectivity index (χ0v) is 16.7. The van der Waals surface area contributed by atoms with Crippen LogP contribution in [0.15, 0.2) is 47.2 Å². The third-order valence-corrected chi connectivity index (χ3v) is 6.25. The van der Waals surface area contributed by atoms with Gasteiger partial charge in [-0.1, -0.05) is 18.2 Å². The fourth-order valence-corrected chi connectivity index (χ4v) is 4.66. The van der Waals surface area contributed by atoms with E-state index in [-0.39, 0.29) is 17.5 Å². The van der Waals surface area contributed by atoms with E-state index >= 15 is 0 Å². The van der Waals surface area contributed by atoms with Crippen molar-refractivity contribution in [3.05, 3.63) is 62.1 Å². The van der Waals surface area contributed by atoms with Crippen molar-refractivity contribution < 1.29 is 14.5 Å². The van der Waals surface area contributed by atoms with E-state index in [1.165, 1.54) is 34.8 Å². The van der Waals surface area contributed by atoms with Crippen molar-refractivity contribution in [3.63, 3.8) is 0 Å². The van der Waals surface area contributed by atoms with Crippen LogP contribution in [0.1, 0.15) is 22.5 Å². The number of benzene rings is 1. The Kier molecular flexibility index (Phi) is 5.36. The highest BCUT2D eigenvalue weighted by Gasteiger charge is 2.35. The Labute approximate surface area is 174 Å². The van der Waals surface area contributed by atoms with E-state index in [1.54, 1.807) is 28.5 Å². The lowest BCUT2D eigenvalue weighted by Crippen LogP contribution is -2.42. The maximum Gasteiger partial charge on any atom is 0.270 e. The summed E-state index contributed by atoms with van der Waals surface area (Å²) in [4.78, 5) is 42.5. The molecule has 1 fully saturated rings. The molecule has 1 saturated heterocycles. The number of aromatic nitrogens is 1. The van der Waals surface area contributed by atoms with Crippen LogP contribution >= 0.6 is 22.7 Å². The fraction of sp³-hybridized carbons (Fsp3) is 0.211. The van der Waals surface area contributed by atoms with Crippen molar-refractivity contribution in [2.24, 2.45) is 0 Å². The number of carbonyl (C=O) groups excluding carboxylic acids is 2. The summed E-state index contributed by atoms with van der Waals surface area (Å²) >= 11 is 2.60. The maximum atomic E-state index is 12.8. The van der Waals surface area contributed by atoms with Crippen molar-refractivity contribution in [2.75, 3.05) is 11.9 Å². The Hall–Kier alpha value is -3.11. The van der Waals surface area contributed by atoms with Gasteiger partial charge >= 0.3 is 0 Å². The summed E-state index contributed by atoms with van der Waals surface area (Å²) in [5.41, 5.74) is 1.13. The van der Waals surface area contributed by atoms with Crippen LogP contribution in [-0.4, -0.2) is 39.2 Å². The van der Waals surface area contributed by atoms with Crippen molar-refractivity contribution in [3.8, 4) is 11.3 Å². The van der Waals surface area contributed by atoms with Gasteiger partial charge in [-0.25, -0.2) is 4.98 Å². The zero-order valence-electron chi connectivity index (χ0n) is 15.1. The topological polar surface area (TPSA) is 105 Å². The zero-order chi connectivity index (χ0) is 20.4. The van der Waals surface area contributed by atoms with Crippen LogP contribution in [0.4, 0.5) is 10.8 Å². The molecule has 1 aromatic carbocycles. The Balaban J connectivity index is 1.47. The van der Waals surface area contributed by atoms with Gasteiger partial charge in [0.05, 0.1) is 15.5 Å². The van der Waals surface area contributed by atoms with E-state index in [0.717, 1.165) is 6.42 Å². The Bertz CT molecular complexity index is 1060. The molecule has 0 spiro atoms. The van der Waals surface area contributed by atoms with Crippen LogP contribution in [0.25, 0.3) is 11.3 Å². The molecule has 0 radical (unpaired) electrons. The summed E-state index contributed by atoms with van der Waals surface area (Å²) in [5.74, 6) is -0.401. The number of nitro groups is 1. The summed E-state index contributed by atoms with van der Waals surface area (Å²) in [6, 6.07) is 9.22. The van der Waals surface area contributed by atoms with E-state index in [2.05, 4.69) is 10.3 Å². The minimum atomic E-state index is -0.533. The molecule has 10 heteroatoms. The van der Waals surface area contributed by atoms with Crippen molar-refractivity contribution in [1.82, 2.24) is 9.88 Å². The monoisotopic (exact) mass is 428 g/mol. The number of carbonyl (C=O) groups is 2. The molecular formula is C19H16N4O4S2. The van der Waals surface area contributed by atoms with E-state index in [4.69, 9.17) is 0 Å². The standard InChI is InChI=1S/C19H16N4O4S2/c24-17(15-6-2-8-22(15)18(25)16-7-3-9-28-16)21-19-20-14(11-29-19)12-4-1-5-13(10-12)23(26)27/h1,3-5,7,9-11,15H,2,6,8H2,(H,20,21,24). The summed E-state index contributed by atoms with van der Waals surface area (Å²) in [6.45, 7) is 0.547. The molecule has 1 aliphatic rings. The van der Waals surface area contributed by atoms with Crippen molar-refractivity contribution >= 4 is 45.3 Å². The van der Waals surface area contributed by atoms with Crippen LogP contribution in [0.2, 0.25) is 0 Å². The normalized spacial score (nSPS) is 16.0. The molecule has 0 aliphatic carbocycles. The lowest BCUT2D eigenvalue weighted by molar-refractivity contribution is -0.384. The number of non-ortho nitro benzene ring substituents is 1. The van der Waals surface area contributed by atoms with Gasteiger partial charge in [0.25, 0.3) is 11.6 Å². The van der Waals surface area contributed by atoms with Gasteiger partial charge in [-0.05, 0) is 24.3 Å². The number of hydrogen-bond acceptors (Lipinski definition) is 7. The molecule has 2 amide bonds. The summed E-state index contributed by atoms with van der Waals surface area (Å²) in [5, 5.41) is 17.7. The van der Waals surface area contributed by atoms with Gasteiger partial charge in [0.15, 0.2) is 5.13 Å². The highest BCUT2D eigenvalue weighted by molar-refractivity contribution is 7.14. The number of thiazole rings is 1. The van der Waals surface area contributed by atoms with Gasteiger partial charge in [-0.2, -0.15) is 0 Å². The molecule has 1 N–H and O–H groups in total. The van der Waals surface area contributed by atoms with Gasteiger partial charge in [-0.3, -0.25) is 19.7 Å². The number of amides is 2. The number of nitro benzene ring substituents is 1. The number of nitrogens with one attached hydrogen (secondary N) is 1. The Morgan fingerprint density at radius 3 is 2.86 bits per heavy atom. The van der Waals surface area contributed by atoms with Crippen LogP contribution < -0.4 is 5.32 Å². The molecule has 1 aliphatic heterocycles. The number of hydrogen-bond donors (Lipinski definition) is 1. The minimum absolute atomic E-state index is 0.0187. The highest BCUT2D eigenvalue weighted by atomic mass is 32.1. The lowest BCUT2D eigenvalue weighted by Gasteiger charge is -2.22. The highest BCUT2D eigenvalue weighted by Crippen LogP contribution is 2.29. The number of nitrogens with zero attached hydrogens (tertiary/aromatic N) is 3. The number of rotatable bonds is 5. The smallest absolute Gasteiger partial charge is 0.270 e. The minimum Gasteiger partial charge on any atom is -0.326 e. The third-order valence-electron chi connectivity index (χ3n) is 4.64. The van der Waals surface area contributed by atoms with Crippen LogP contribution in [-0.2, 0) is 4.79 Å². The first-order valence-electron chi connectivity index (χ1n) is 8.88. The van der Waals surface area contributed by atoms with Gasteiger partial charge in [-0.15, -0.1) is 22.7 Å². The second-order valence-corrected chi connectivity index (χ2v) is 8.27. The van der Waals surface area contributed by atoms with E-state index < -0.39 is 11.0 Å². The summed E-state index contributed by atoms with van der Waals surface area (Å²) in [7, 11) is 0. The van der Waals surface area contributed by atoms with Crippen LogP contribution in [0.3, 0.4) is 0 Å². The Morgan fingerprint density at radius 2 is 2.10 bits per heavy atom. The second-order valence-electron chi connectivity index (χ2n) is 6.47. The SMILES string of the molecule is O=C(Nc1nc(-c2cccc([N+](=O)[O-])c2)cs1)C1CCCN1C(=O)c1cccs1. The van der Waals surface area contributed by atoms with Gasteiger partial charge < -0.3 is 10.2 Å². The molecule has 3 aromatic rings. The number of thiophene rings is 1. The van der Waals surface area contributed by atoms with Crippen LogP contribution in [0, 0.1) is 10.1 Å². The third kappa shape index (κ3) is 4.03. The Morgan fingerprint density at radius 1 is 1.24 bits per heavy atom. The summed E-state index contributed by atoms with van der Waals surface area (Å²) in [6.07, 6.45) is 1.37. The van der Waals surface area contributed by atoms with Crippen molar-refractivity contribution in [2.45, 2.75) is 18.9 Å². The average molecular weight is 428 g/mol. The first-order chi connectivity index (χ1) is 14.0.